The summed E-state index contributed by atoms with van der Waals surface area (Å²) in [6.45, 7) is 8.82. The zero-order valence-corrected chi connectivity index (χ0v) is 14.3. The molecule has 2 heterocycles. The summed E-state index contributed by atoms with van der Waals surface area (Å²) < 4.78 is 20.0. The normalized spacial score (nSPS) is 15.6. The van der Waals surface area contributed by atoms with Crippen LogP contribution < -0.4 is 5.32 Å². The van der Waals surface area contributed by atoms with Gasteiger partial charge in [-0.2, -0.15) is 0 Å². The molecule has 1 N–H and O–H groups in total. The van der Waals surface area contributed by atoms with Crippen LogP contribution in [0.2, 0.25) is 0 Å². The molecule has 1 aromatic carbocycles. The molecular weight excluding hydrogens is 307 g/mol. The molecule has 0 radical (unpaired) electrons. The molecule has 0 unspecified atom stereocenters. The fraction of sp³-hybridized carbons (Fsp3) is 0.444. The van der Waals surface area contributed by atoms with Gasteiger partial charge in [-0.25, -0.2) is 4.39 Å². The van der Waals surface area contributed by atoms with Crippen molar-refractivity contribution >= 4 is 11.6 Å². The number of nitrogens with zero attached hydrogens (tertiary/aromatic N) is 3. The molecular formula is C18H23FN4O. The third kappa shape index (κ3) is 3.48. The number of halogens is 1. The molecule has 24 heavy (non-hydrogen) atoms. The first-order valence-electron chi connectivity index (χ1n) is 8.39. The number of hydrogen-bond acceptors (Lipinski definition) is 5. The molecule has 3 rings (SSSR count). The van der Waals surface area contributed by atoms with Gasteiger partial charge in [0.15, 0.2) is 0 Å². The maximum Gasteiger partial charge on any atom is 0.315 e. The van der Waals surface area contributed by atoms with Gasteiger partial charge in [-0.3, -0.25) is 4.90 Å². The average molecular weight is 330 g/mol. The highest BCUT2D eigenvalue weighted by Gasteiger charge is 2.18. The highest BCUT2D eigenvalue weighted by Crippen LogP contribution is 2.29. The SMILES string of the molecule is CCNc1nnc(-c2ccc(C3=CCN(C(C)C)CC3)c(F)c2)o1. The Balaban J connectivity index is 1.80. The quantitative estimate of drug-likeness (QED) is 0.903. The first kappa shape index (κ1) is 16.6. The molecule has 6 heteroatoms. The molecule has 0 fully saturated rings. The van der Waals surface area contributed by atoms with E-state index in [0.717, 1.165) is 25.1 Å². The van der Waals surface area contributed by atoms with Crippen molar-refractivity contribution in [1.29, 1.82) is 0 Å². The fourth-order valence-corrected chi connectivity index (χ4v) is 2.87. The van der Waals surface area contributed by atoms with Gasteiger partial charge in [0.1, 0.15) is 5.82 Å². The second-order valence-electron chi connectivity index (χ2n) is 6.21. The summed E-state index contributed by atoms with van der Waals surface area (Å²) in [5.74, 6) is 0.0694. The van der Waals surface area contributed by atoms with Crippen LogP contribution in [0.5, 0.6) is 0 Å². The number of nitrogens with one attached hydrogen (secondary N) is 1. The van der Waals surface area contributed by atoms with Gasteiger partial charge < -0.3 is 9.73 Å². The second-order valence-corrected chi connectivity index (χ2v) is 6.21. The van der Waals surface area contributed by atoms with E-state index in [0.29, 0.717) is 35.6 Å². The standard InChI is InChI=1S/C18H23FN4O/c1-4-20-18-22-21-17(24-18)14-5-6-15(16(19)11-14)13-7-9-23(10-8-13)12(2)3/h5-7,11-12H,4,8-10H2,1-3H3,(H,20,22). The van der Waals surface area contributed by atoms with Crippen LogP contribution in [0.1, 0.15) is 32.8 Å². The van der Waals surface area contributed by atoms with Gasteiger partial charge in [-0.15, -0.1) is 5.10 Å². The number of aromatic nitrogens is 2. The number of rotatable bonds is 5. The lowest BCUT2D eigenvalue weighted by Gasteiger charge is -2.29. The van der Waals surface area contributed by atoms with Gasteiger partial charge in [0, 0.05) is 36.8 Å². The summed E-state index contributed by atoms with van der Waals surface area (Å²) in [6.07, 6.45) is 2.98. The lowest BCUT2D eigenvalue weighted by Crippen LogP contribution is -2.34. The van der Waals surface area contributed by atoms with Crippen LogP contribution in [-0.4, -0.2) is 40.8 Å². The summed E-state index contributed by atoms with van der Waals surface area (Å²) >= 11 is 0. The Morgan fingerprint density at radius 1 is 1.33 bits per heavy atom. The van der Waals surface area contributed by atoms with Crippen molar-refractivity contribution in [1.82, 2.24) is 15.1 Å². The van der Waals surface area contributed by atoms with Gasteiger partial charge >= 0.3 is 6.01 Å². The summed E-state index contributed by atoms with van der Waals surface area (Å²) in [5.41, 5.74) is 2.32. The van der Waals surface area contributed by atoms with E-state index >= 15 is 0 Å². The zero-order chi connectivity index (χ0) is 17.1. The van der Waals surface area contributed by atoms with E-state index in [1.54, 1.807) is 6.07 Å². The molecule has 0 saturated carbocycles. The molecule has 0 spiro atoms. The summed E-state index contributed by atoms with van der Waals surface area (Å²) in [6, 6.07) is 5.96. The predicted octanol–water partition coefficient (Wildman–Crippen LogP) is 3.81. The molecule has 1 aliphatic heterocycles. The number of hydrogen-bond donors (Lipinski definition) is 1. The zero-order valence-electron chi connectivity index (χ0n) is 14.3. The lowest BCUT2D eigenvalue weighted by molar-refractivity contribution is 0.245. The molecule has 0 amide bonds. The van der Waals surface area contributed by atoms with E-state index in [2.05, 4.69) is 40.3 Å². The van der Waals surface area contributed by atoms with E-state index in [4.69, 9.17) is 4.42 Å². The van der Waals surface area contributed by atoms with Crippen LogP contribution in [0.3, 0.4) is 0 Å². The van der Waals surface area contributed by atoms with Crippen molar-refractivity contribution in [2.24, 2.45) is 0 Å². The van der Waals surface area contributed by atoms with Gasteiger partial charge in [-0.1, -0.05) is 17.2 Å². The Hall–Kier alpha value is -2.21. The summed E-state index contributed by atoms with van der Waals surface area (Å²) in [5, 5.41) is 10.8. The van der Waals surface area contributed by atoms with Crippen LogP contribution in [-0.2, 0) is 0 Å². The third-order valence-corrected chi connectivity index (χ3v) is 4.29. The minimum Gasteiger partial charge on any atom is -0.403 e. The molecule has 0 bridgehead atoms. The van der Waals surface area contributed by atoms with E-state index in [1.165, 1.54) is 6.07 Å². The van der Waals surface area contributed by atoms with Crippen LogP contribution >= 0.6 is 0 Å². The van der Waals surface area contributed by atoms with Crippen molar-refractivity contribution in [3.63, 3.8) is 0 Å². The monoisotopic (exact) mass is 330 g/mol. The van der Waals surface area contributed by atoms with Crippen LogP contribution in [0.4, 0.5) is 10.4 Å². The van der Waals surface area contributed by atoms with Crippen LogP contribution in [0.15, 0.2) is 28.7 Å². The Kier molecular flexibility index (Phi) is 4.94. The second kappa shape index (κ2) is 7.13. The first-order valence-corrected chi connectivity index (χ1v) is 8.39. The molecule has 1 aliphatic rings. The Morgan fingerprint density at radius 3 is 2.79 bits per heavy atom. The van der Waals surface area contributed by atoms with Crippen LogP contribution in [0.25, 0.3) is 17.0 Å². The summed E-state index contributed by atoms with van der Waals surface area (Å²) in [7, 11) is 0. The van der Waals surface area contributed by atoms with E-state index in [-0.39, 0.29) is 5.82 Å². The molecule has 1 aromatic heterocycles. The fourth-order valence-electron chi connectivity index (χ4n) is 2.87. The minimum absolute atomic E-state index is 0.250. The summed E-state index contributed by atoms with van der Waals surface area (Å²) in [4.78, 5) is 2.37. The number of anilines is 1. The van der Waals surface area contributed by atoms with Crippen LogP contribution in [0, 0.1) is 5.82 Å². The topological polar surface area (TPSA) is 54.2 Å². The maximum atomic E-state index is 14.6. The van der Waals surface area contributed by atoms with Crippen molar-refractivity contribution in [2.75, 3.05) is 25.0 Å². The third-order valence-electron chi connectivity index (χ3n) is 4.29. The Bertz CT molecular complexity index is 738. The molecule has 0 saturated heterocycles. The minimum atomic E-state index is -0.250. The molecule has 128 valence electrons. The number of benzene rings is 1. The predicted molar refractivity (Wildman–Crippen MR) is 93.2 cm³/mol. The molecule has 5 nitrogen and oxygen atoms in total. The van der Waals surface area contributed by atoms with Gasteiger partial charge in [0.2, 0.25) is 5.89 Å². The average Bonchev–Trinajstić information content (AvgIpc) is 3.04. The largest absolute Gasteiger partial charge is 0.403 e. The van der Waals surface area contributed by atoms with Crippen molar-refractivity contribution < 1.29 is 8.81 Å². The molecule has 0 aliphatic carbocycles. The smallest absolute Gasteiger partial charge is 0.315 e. The molecule has 2 aromatic rings. The Labute approximate surface area is 141 Å². The van der Waals surface area contributed by atoms with Crippen molar-refractivity contribution in [3.8, 4) is 11.5 Å². The van der Waals surface area contributed by atoms with Crippen molar-refractivity contribution in [3.05, 3.63) is 35.7 Å². The lowest BCUT2D eigenvalue weighted by atomic mass is 9.97. The highest BCUT2D eigenvalue weighted by molar-refractivity contribution is 5.69. The Morgan fingerprint density at radius 2 is 2.17 bits per heavy atom. The van der Waals surface area contributed by atoms with Gasteiger partial charge in [-0.05, 0) is 44.9 Å². The maximum absolute atomic E-state index is 14.6. The van der Waals surface area contributed by atoms with E-state index < -0.39 is 0 Å². The van der Waals surface area contributed by atoms with E-state index in [1.807, 2.05) is 13.0 Å². The van der Waals surface area contributed by atoms with Gasteiger partial charge in [0.25, 0.3) is 0 Å². The first-order chi connectivity index (χ1) is 11.6. The van der Waals surface area contributed by atoms with E-state index in [9.17, 15) is 4.39 Å². The highest BCUT2D eigenvalue weighted by atomic mass is 19.1. The van der Waals surface area contributed by atoms with Crippen molar-refractivity contribution in [2.45, 2.75) is 33.2 Å². The molecule has 0 atom stereocenters. The van der Waals surface area contributed by atoms with Gasteiger partial charge in [0.05, 0.1) is 0 Å².